The van der Waals surface area contributed by atoms with Crippen LogP contribution in [0.2, 0.25) is 0 Å². The molecular formula is C52H42N2. The van der Waals surface area contributed by atoms with Gasteiger partial charge >= 0.3 is 0 Å². The lowest BCUT2D eigenvalue weighted by Crippen LogP contribution is -2.33. The molecule has 2 aromatic heterocycles. The van der Waals surface area contributed by atoms with Gasteiger partial charge in [-0.15, -0.1) is 0 Å². The first kappa shape index (κ1) is 31.4. The molecule has 2 heteroatoms. The van der Waals surface area contributed by atoms with Crippen molar-refractivity contribution in [3.8, 4) is 22.5 Å². The molecule has 260 valence electrons. The van der Waals surface area contributed by atoms with Gasteiger partial charge in [0, 0.05) is 32.6 Å². The SMILES string of the molecule is CC1(C)CCC(C)(C)c2cc3c(cc21)c1cc2c(cc1n3-c1ccccc1)c1c3ccccc3ccc1n2-c1ccc(-c2ccccc2)c2ccccc12. The Labute approximate surface area is 315 Å². The molecule has 54 heavy (non-hydrogen) atoms. The Kier molecular flexibility index (Phi) is 6.51. The third-order valence-electron chi connectivity index (χ3n) is 12.8. The summed E-state index contributed by atoms with van der Waals surface area (Å²) in [6.07, 6.45) is 2.38. The van der Waals surface area contributed by atoms with Gasteiger partial charge in [-0.3, -0.25) is 0 Å². The van der Waals surface area contributed by atoms with E-state index in [0.29, 0.717) is 0 Å². The fourth-order valence-electron chi connectivity index (χ4n) is 9.82. The molecule has 0 bridgehead atoms. The average Bonchev–Trinajstić information content (AvgIpc) is 3.70. The number of rotatable bonds is 3. The van der Waals surface area contributed by atoms with Gasteiger partial charge in [0.05, 0.1) is 27.8 Å². The summed E-state index contributed by atoms with van der Waals surface area (Å²) in [5, 5.41) is 10.2. The van der Waals surface area contributed by atoms with Crippen LogP contribution in [0.1, 0.15) is 51.7 Å². The van der Waals surface area contributed by atoms with Crippen molar-refractivity contribution >= 4 is 65.2 Å². The van der Waals surface area contributed by atoms with Crippen LogP contribution >= 0.6 is 0 Å². The second-order valence-corrected chi connectivity index (χ2v) is 16.8. The van der Waals surface area contributed by atoms with Crippen LogP contribution in [0, 0.1) is 0 Å². The lowest BCUT2D eigenvalue weighted by Gasteiger charge is -2.42. The van der Waals surface area contributed by atoms with Crippen LogP contribution < -0.4 is 0 Å². The molecule has 2 heterocycles. The van der Waals surface area contributed by atoms with Crippen molar-refractivity contribution in [2.24, 2.45) is 0 Å². The lowest BCUT2D eigenvalue weighted by molar-refractivity contribution is 0.332. The molecule has 0 unspecified atom stereocenters. The van der Waals surface area contributed by atoms with Gasteiger partial charge in [0.1, 0.15) is 0 Å². The van der Waals surface area contributed by atoms with Gasteiger partial charge in [0.15, 0.2) is 0 Å². The number of hydrogen-bond acceptors (Lipinski definition) is 0. The maximum Gasteiger partial charge on any atom is 0.0549 e. The molecule has 8 aromatic carbocycles. The number of aromatic nitrogens is 2. The fourth-order valence-corrected chi connectivity index (χ4v) is 9.82. The van der Waals surface area contributed by atoms with Crippen molar-refractivity contribution in [3.05, 3.63) is 169 Å². The number of para-hydroxylation sites is 1. The molecule has 0 amide bonds. The Morgan fingerprint density at radius 2 is 0.981 bits per heavy atom. The van der Waals surface area contributed by atoms with E-state index in [1.54, 1.807) is 0 Å². The maximum absolute atomic E-state index is 2.56. The number of nitrogens with zero attached hydrogens (tertiary/aromatic N) is 2. The van der Waals surface area contributed by atoms with Gasteiger partial charge in [-0.1, -0.05) is 137 Å². The third-order valence-corrected chi connectivity index (χ3v) is 12.8. The minimum absolute atomic E-state index is 0.109. The van der Waals surface area contributed by atoms with E-state index in [2.05, 4.69) is 195 Å². The van der Waals surface area contributed by atoms with Crippen molar-refractivity contribution in [1.82, 2.24) is 9.13 Å². The Balaban J connectivity index is 1.32. The van der Waals surface area contributed by atoms with E-state index in [9.17, 15) is 0 Å². The molecule has 1 aliphatic rings. The van der Waals surface area contributed by atoms with Gasteiger partial charge < -0.3 is 9.13 Å². The summed E-state index contributed by atoms with van der Waals surface area (Å²) in [5.41, 5.74) is 13.1. The highest BCUT2D eigenvalue weighted by Gasteiger charge is 2.38. The monoisotopic (exact) mass is 694 g/mol. The van der Waals surface area contributed by atoms with Crippen LogP contribution in [-0.4, -0.2) is 9.13 Å². The first-order valence-electron chi connectivity index (χ1n) is 19.4. The van der Waals surface area contributed by atoms with Gasteiger partial charge in [0.25, 0.3) is 0 Å². The van der Waals surface area contributed by atoms with Crippen LogP contribution in [0.3, 0.4) is 0 Å². The highest BCUT2D eigenvalue weighted by Crippen LogP contribution is 2.50. The molecule has 10 aromatic rings. The van der Waals surface area contributed by atoms with Gasteiger partial charge in [-0.2, -0.15) is 0 Å². The van der Waals surface area contributed by atoms with Gasteiger partial charge in [0.2, 0.25) is 0 Å². The molecule has 0 saturated heterocycles. The molecule has 0 atom stereocenters. The molecule has 2 nitrogen and oxygen atoms in total. The summed E-state index contributed by atoms with van der Waals surface area (Å²) in [6, 6.07) is 59.0. The first-order chi connectivity index (χ1) is 26.3. The highest BCUT2D eigenvalue weighted by atomic mass is 15.0. The van der Waals surface area contributed by atoms with Crippen LogP contribution in [-0.2, 0) is 10.8 Å². The predicted octanol–water partition coefficient (Wildman–Crippen LogP) is 14.2. The molecule has 11 rings (SSSR count). The average molecular weight is 695 g/mol. The first-order valence-corrected chi connectivity index (χ1v) is 19.4. The number of benzene rings is 8. The molecule has 0 N–H and O–H groups in total. The van der Waals surface area contributed by atoms with Crippen LogP contribution in [0.4, 0.5) is 0 Å². The zero-order chi connectivity index (χ0) is 36.3. The Morgan fingerprint density at radius 1 is 0.407 bits per heavy atom. The van der Waals surface area contributed by atoms with E-state index in [1.165, 1.54) is 112 Å². The summed E-state index contributed by atoms with van der Waals surface area (Å²) in [7, 11) is 0. The lowest BCUT2D eigenvalue weighted by atomic mass is 9.63. The molecule has 0 aliphatic heterocycles. The van der Waals surface area contributed by atoms with Gasteiger partial charge in [-0.25, -0.2) is 0 Å². The smallest absolute Gasteiger partial charge is 0.0549 e. The number of hydrogen-bond donors (Lipinski definition) is 0. The van der Waals surface area contributed by atoms with Crippen LogP contribution in [0.5, 0.6) is 0 Å². The quantitative estimate of drug-likeness (QED) is 0.174. The topological polar surface area (TPSA) is 9.86 Å². The zero-order valence-corrected chi connectivity index (χ0v) is 31.3. The second-order valence-electron chi connectivity index (χ2n) is 16.8. The number of fused-ring (bicyclic) bond motifs is 10. The van der Waals surface area contributed by atoms with Crippen molar-refractivity contribution < 1.29 is 0 Å². The second kappa shape index (κ2) is 11.2. The Hall–Kier alpha value is -6.12. The molecule has 0 radical (unpaired) electrons. The summed E-state index contributed by atoms with van der Waals surface area (Å²) < 4.78 is 5.07. The molecule has 1 aliphatic carbocycles. The van der Waals surface area contributed by atoms with Crippen LogP contribution in [0.15, 0.2) is 158 Å². The molecule has 0 saturated carbocycles. The summed E-state index contributed by atoms with van der Waals surface area (Å²) in [4.78, 5) is 0. The van der Waals surface area contributed by atoms with E-state index in [-0.39, 0.29) is 10.8 Å². The summed E-state index contributed by atoms with van der Waals surface area (Å²) in [5.74, 6) is 0. The van der Waals surface area contributed by atoms with Crippen LogP contribution in [0.25, 0.3) is 87.7 Å². The normalized spacial score (nSPS) is 15.2. The minimum Gasteiger partial charge on any atom is -0.309 e. The molecular weight excluding hydrogens is 653 g/mol. The largest absolute Gasteiger partial charge is 0.309 e. The van der Waals surface area contributed by atoms with E-state index in [4.69, 9.17) is 0 Å². The van der Waals surface area contributed by atoms with E-state index in [0.717, 1.165) is 0 Å². The summed E-state index contributed by atoms with van der Waals surface area (Å²) in [6.45, 7) is 9.75. The Bertz CT molecular complexity index is 3140. The van der Waals surface area contributed by atoms with Crippen molar-refractivity contribution in [1.29, 1.82) is 0 Å². The maximum atomic E-state index is 2.56. The predicted molar refractivity (Wildman–Crippen MR) is 231 cm³/mol. The zero-order valence-electron chi connectivity index (χ0n) is 31.3. The van der Waals surface area contributed by atoms with E-state index in [1.807, 2.05) is 0 Å². The van der Waals surface area contributed by atoms with E-state index < -0.39 is 0 Å². The van der Waals surface area contributed by atoms with Gasteiger partial charge in [-0.05, 0) is 111 Å². The molecule has 0 fully saturated rings. The standard InChI is InChI=1S/C52H42N2/c1-51(2)27-28-52(3,4)44-32-49-40(29-43(44)51)41-30-48-42(31-47(41)53(49)35-18-9-6-10-19-35)50-37-20-12-11-17-34(37)23-25-46(50)54(48)45-26-24-36(33-15-7-5-8-16-33)38-21-13-14-22-39(38)45/h5-26,29-32H,27-28H2,1-4H3. The van der Waals surface area contributed by atoms with Crippen molar-refractivity contribution in [2.75, 3.05) is 0 Å². The van der Waals surface area contributed by atoms with E-state index >= 15 is 0 Å². The summed E-state index contributed by atoms with van der Waals surface area (Å²) >= 11 is 0. The van der Waals surface area contributed by atoms with Crippen molar-refractivity contribution in [3.63, 3.8) is 0 Å². The fraction of sp³-hybridized carbons (Fsp3) is 0.154. The highest BCUT2D eigenvalue weighted by molar-refractivity contribution is 6.25. The Morgan fingerprint density at radius 3 is 1.74 bits per heavy atom. The van der Waals surface area contributed by atoms with Crippen molar-refractivity contribution in [2.45, 2.75) is 51.4 Å². The minimum atomic E-state index is 0.109. The molecule has 0 spiro atoms. The third kappa shape index (κ3) is 4.40.